The van der Waals surface area contributed by atoms with Crippen molar-refractivity contribution in [2.24, 2.45) is 0 Å². The molecule has 0 amide bonds. The van der Waals surface area contributed by atoms with E-state index in [1.54, 1.807) is 0 Å². The summed E-state index contributed by atoms with van der Waals surface area (Å²) in [6.07, 6.45) is 3.84. The summed E-state index contributed by atoms with van der Waals surface area (Å²) in [7, 11) is 1.96. The number of anilines is 1. The maximum Gasteiger partial charge on any atom is 0.159 e. The maximum absolute atomic E-state index is 4.54. The van der Waals surface area contributed by atoms with Gasteiger partial charge in [-0.3, -0.25) is 0 Å². The third-order valence-corrected chi connectivity index (χ3v) is 4.20. The standard InChI is InChI=1S/C16H22N4/c1-12(17-2)15-13-8-4-5-9-14(13)16(19-18-15)20-10-6-3-7-11-20/h4-5,8-9,12,17H,3,6-7,10-11H2,1-2H3. The van der Waals surface area contributed by atoms with Crippen molar-refractivity contribution in [3.63, 3.8) is 0 Å². The molecular formula is C16H22N4. The first kappa shape index (κ1) is 13.3. The Bertz CT molecular complexity index is 590. The molecule has 0 bridgehead atoms. The predicted octanol–water partition coefficient (Wildman–Crippen LogP) is 2.90. The quantitative estimate of drug-likeness (QED) is 0.931. The van der Waals surface area contributed by atoms with Gasteiger partial charge in [0.1, 0.15) is 0 Å². The molecule has 1 aliphatic rings. The second-order valence-electron chi connectivity index (χ2n) is 5.51. The Morgan fingerprint density at radius 2 is 1.75 bits per heavy atom. The molecule has 0 radical (unpaired) electrons. The number of benzene rings is 1. The minimum absolute atomic E-state index is 0.211. The van der Waals surface area contributed by atoms with Gasteiger partial charge in [0.2, 0.25) is 0 Å². The number of piperidine rings is 1. The summed E-state index contributed by atoms with van der Waals surface area (Å²) < 4.78 is 0. The van der Waals surface area contributed by atoms with Gasteiger partial charge in [-0.2, -0.15) is 5.10 Å². The van der Waals surface area contributed by atoms with Crippen molar-refractivity contribution in [3.05, 3.63) is 30.0 Å². The van der Waals surface area contributed by atoms with E-state index in [0.29, 0.717) is 0 Å². The van der Waals surface area contributed by atoms with Crippen LogP contribution in [0.25, 0.3) is 10.8 Å². The van der Waals surface area contributed by atoms with Gasteiger partial charge in [0.25, 0.3) is 0 Å². The minimum atomic E-state index is 0.211. The zero-order chi connectivity index (χ0) is 13.9. The second-order valence-corrected chi connectivity index (χ2v) is 5.51. The fourth-order valence-electron chi connectivity index (χ4n) is 2.91. The molecule has 1 fully saturated rings. The molecule has 1 aliphatic heterocycles. The molecule has 0 aliphatic carbocycles. The fraction of sp³-hybridized carbons (Fsp3) is 0.500. The van der Waals surface area contributed by atoms with E-state index in [0.717, 1.165) is 24.6 Å². The molecule has 1 unspecified atom stereocenters. The van der Waals surface area contributed by atoms with Crippen molar-refractivity contribution < 1.29 is 0 Å². The molecule has 2 heterocycles. The van der Waals surface area contributed by atoms with Crippen LogP contribution in [0.4, 0.5) is 5.82 Å². The molecular weight excluding hydrogens is 248 g/mol. The minimum Gasteiger partial charge on any atom is -0.355 e. The summed E-state index contributed by atoms with van der Waals surface area (Å²) in [5.41, 5.74) is 1.03. The van der Waals surface area contributed by atoms with Crippen LogP contribution in [0.5, 0.6) is 0 Å². The summed E-state index contributed by atoms with van der Waals surface area (Å²) >= 11 is 0. The maximum atomic E-state index is 4.54. The highest BCUT2D eigenvalue weighted by atomic mass is 15.3. The van der Waals surface area contributed by atoms with Gasteiger partial charge in [-0.05, 0) is 33.2 Å². The smallest absolute Gasteiger partial charge is 0.159 e. The normalized spacial score (nSPS) is 17.4. The molecule has 1 atom stereocenters. The van der Waals surface area contributed by atoms with E-state index in [4.69, 9.17) is 0 Å². The number of rotatable bonds is 3. The number of aromatic nitrogens is 2. The van der Waals surface area contributed by atoms with Gasteiger partial charge < -0.3 is 10.2 Å². The molecule has 106 valence electrons. The lowest BCUT2D eigenvalue weighted by Gasteiger charge is -2.28. The van der Waals surface area contributed by atoms with Gasteiger partial charge in [0, 0.05) is 29.9 Å². The Hall–Kier alpha value is -1.68. The Labute approximate surface area is 120 Å². The van der Waals surface area contributed by atoms with Crippen LogP contribution in [-0.2, 0) is 0 Å². The first-order valence-corrected chi connectivity index (χ1v) is 7.49. The Balaban J connectivity index is 2.10. The number of nitrogens with zero attached hydrogens (tertiary/aromatic N) is 3. The lowest BCUT2D eigenvalue weighted by atomic mass is 10.1. The van der Waals surface area contributed by atoms with Gasteiger partial charge in [-0.25, -0.2) is 0 Å². The van der Waals surface area contributed by atoms with Crippen LogP contribution in [-0.4, -0.2) is 30.3 Å². The average Bonchev–Trinajstić information content (AvgIpc) is 2.54. The van der Waals surface area contributed by atoms with Crippen molar-refractivity contribution in [3.8, 4) is 0 Å². The SMILES string of the molecule is CNC(C)c1nnc(N2CCCCC2)c2ccccc12. The van der Waals surface area contributed by atoms with E-state index in [1.807, 2.05) is 7.05 Å². The highest BCUT2D eigenvalue weighted by molar-refractivity contribution is 5.93. The van der Waals surface area contributed by atoms with Gasteiger partial charge in [-0.15, -0.1) is 5.10 Å². The topological polar surface area (TPSA) is 41.1 Å². The lowest BCUT2D eigenvalue weighted by Crippen LogP contribution is -2.31. The molecule has 4 heteroatoms. The van der Waals surface area contributed by atoms with E-state index in [2.05, 4.69) is 51.6 Å². The highest BCUT2D eigenvalue weighted by Crippen LogP contribution is 2.29. The summed E-state index contributed by atoms with van der Waals surface area (Å²) in [5, 5.41) is 14.7. The van der Waals surface area contributed by atoms with Crippen LogP contribution in [0.2, 0.25) is 0 Å². The Morgan fingerprint density at radius 1 is 1.05 bits per heavy atom. The van der Waals surface area contributed by atoms with Gasteiger partial charge in [0.15, 0.2) is 5.82 Å². The van der Waals surface area contributed by atoms with Crippen LogP contribution in [0.3, 0.4) is 0 Å². The number of nitrogens with one attached hydrogen (secondary N) is 1. The summed E-state index contributed by atoms with van der Waals surface area (Å²) in [4.78, 5) is 2.38. The predicted molar refractivity (Wildman–Crippen MR) is 83.1 cm³/mol. The van der Waals surface area contributed by atoms with E-state index in [-0.39, 0.29) is 6.04 Å². The van der Waals surface area contributed by atoms with Gasteiger partial charge in [0.05, 0.1) is 5.69 Å². The molecule has 1 aromatic carbocycles. The van der Waals surface area contributed by atoms with E-state index in [9.17, 15) is 0 Å². The molecule has 2 aromatic rings. The van der Waals surface area contributed by atoms with Crippen LogP contribution in [0, 0.1) is 0 Å². The first-order chi connectivity index (χ1) is 9.81. The summed E-state index contributed by atoms with van der Waals surface area (Å²) in [5.74, 6) is 1.05. The highest BCUT2D eigenvalue weighted by Gasteiger charge is 2.18. The van der Waals surface area contributed by atoms with Crippen LogP contribution in [0.1, 0.15) is 37.9 Å². The van der Waals surface area contributed by atoms with Crippen LogP contribution in [0.15, 0.2) is 24.3 Å². The average molecular weight is 270 g/mol. The summed E-state index contributed by atoms with van der Waals surface area (Å²) in [6, 6.07) is 8.70. The zero-order valence-electron chi connectivity index (χ0n) is 12.3. The van der Waals surface area contributed by atoms with Crippen molar-refractivity contribution >= 4 is 16.6 Å². The van der Waals surface area contributed by atoms with E-state index >= 15 is 0 Å². The van der Waals surface area contributed by atoms with Crippen molar-refractivity contribution in [1.29, 1.82) is 0 Å². The zero-order valence-corrected chi connectivity index (χ0v) is 12.3. The van der Waals surface area contributed by atoms with Crippen LogP contribution < -0.4 is 10.2 Å². The van der Waals surface area contributed by atoms with E-state index < -0.39 is 0 Å². The van der Waals surface area contributed by atoms with Crippen molar-refractivity contribution in [1.82, 2.24) is 15.5 Å². The fourth-order valence-corrected chi connectivity index (χ4v) is 2.91. The molecule has 0 saturated carbocycles. The summed E-state index contributed by atoms with van der Waals surface area (Å²) in [6.45, 7) is 4.32. The number of hydrogen-bond donors (Lipinski definition) is 1. The number of hydrogen-bond acceptors (Lipinski definition) is 4. The first-order valence-electron chi connectivity index (χ1n) is 7.49. The molecule has 1 aromatic heterocycles. The Kier molecular flexibility index (Phi) is 3.83. The van der Waals surface area contributed by atoms with E-state index in [1.165, 1.54) is 30.0 Å². The molecule has 1 saturated heterocycles. The van der Waals surface area contributed by atoms with Crippen LogP contribution >= 0.6 is 0 Å². The van der Waals surface area contributed by atoms with Gasteiger partial charge >= 0.3 is 0 Å². The molecule has 1 N–H and O–H groups in total. The molecule has 20 heavy (non-hydrogen) atoms. The third-order valence-electron chi connectivity index (χ3n) is 4.20. The molecule has 0 spiro atoms. The number of fused-ring (bicyclic) bond motifs is 1. The van der Waals surface area contributed by atoms with Gasteiger partial charge in [-0.1, -0.05) is 24.3 Å². The lowest BCUT2D eigenvalue weighted by molar-refractivity contribution is 0.570. The third kappa shape index (κ3) is 2.36. The largest absolute Gasteiger partial charge is 0.355 e. The second kappa shape index (κ2) is 5.75. The monoisotopic (exact) mass is 270 g/mol. The van der Waals surface area contributed by atoms with Crippen molar-refractivity contribution in [2.45, 2.75) is 32.2 Å². The molecule has 4 nitrogen and oxygen atoms in total. The van der Waals surface area contributed by atoms with Crippen molar-refractivity contribution in [2.75, 3.05) is 25.0 Å². The molecule has 3 rings (SSSR count). The Morgan fingerprint density at radius 3 is 2.45 bits per heavy atom.